The molecule has 0 bridgehead atoms. The maximum atomic E-state index is 12.5. The first kappa shape index (κ1) is 21.8. The number of carbonyl (C=O) groups excluding carboxylic acids is 1. The van der Waals surface area contributed by atoms with Gasteiger partial charge in [-0.05, 0) is 53.7 Å². The van der Waals surface area contributed by atoms with E-state index in [4.69, 9.17) is 4.42 Å². The van der Waals surface area contributed by atoms with E-state index in [1.807, 2.05) is 33.7 Å². The zero-order valence-corrected chi connectivity index (χ0v) is 20.6. The fraction of sp³-hybridized carbons (Fsp3) is 0.542. The number of rotatable bonds is 4. The van der Waals surface area contributed by atoms with E-state index in [2.05, 4.69) is 41.9 Å². The highest BCUT2D eigenvalue weighted by molar-refractivity contribution is 7.15. The van der Waals surface area contributed by atoms with Gasteiger partial charge in [0.15, 0.2) is 0 Å². The number of thiophene rings is 2. The Morgan fingerprint density at radius 1 is 1.22 bits per heavy atom. The van der Waals surface area contributed by atoms with Crippen molar-refractivity contribution in [3.8, 4) is 10.8 Å². The molecule has 0 spiro atoms. The Bertz CT molecular complexity index is 1070. The van der Waals surface area contributed by atoms with Crippen LogP contribution in [0.25, 0.3) is 10.8 Å². The number of hydrogen-bond acceptors (Lipinski definition) is 7. The number of hydrogen-bond donors (Lipinski definition) is 0. The molecule has 6 nitrogen and oxygen atoms in total. The summed E-state index contributed by atoms with van der Waals surface area (Å²) in [5.41, 5.74) is 1.80. The lowest BCUT2D eigenvalue weighted by atomic mass is 9.72. The summed E-state index contributed by atoms with van der Waals surface area (Å²) in [6.45, 7) is 10.8. The average Bonchev–Trinajstić information content (AvgIpc) is 3.52. The molecule has 1 aliphatic carbocycles. The third-order valence-electron chi connectivity index (χ3n) is 6.74. The number of aromatic nitrogens is 2. The topological polar surface area (TPSA) is 62.5 Å². The molecule has 32 heavy (non-hydrogen) atoms. The molecule has 3 aromatic heterocycles. The summed E-state index contributed by atoms with van der Waals surface area (Å²) in [6.07, 6.45) is 3.55. The van der Waals surface area contributed by atoms with Gasteiger partial charge in [0.05, 0.1) is 16.3 Å². The number of carbonyl (C=O) groups is 1. The minimum Gasteiger partial charge on any atom is -0.419 e. The lowest BCUT2D eigenvalue weighted by molar-refractivity contribution is 0.0623. The summed E-state index contributed by atoms with van der Waals surface area (Å²) < 4.78 is 6.05. The number of piperazine rings is 1. The van der Waals surface area contributed by atoms with Crippen LogP contribution in [0.4, 0.5) is 0 Å². The molecule has 1 saturated heterocycles. The molecule has 4 heterocycles. The van der Waals surface area contributed by atoms with Gasteiger partial charge in [-0.1, -0.05) is 26.8 Å². The van der Waals surface area contributed by atoms with Crippen molar-refractivity contribution >= 4 is 28.6 Å². The Morgan fingerprint density at radius 3 is 2.75 bits per heavy atom. The largest absolute Gasteiger partial charge is 0.419 e. The van der Waals surface area contributed by atoms with Gasteiger partial charge in [-0.2, -0.15) is 0 Å². The van der Waals surface area contributed by atoms with Crippen LogP contribution in [-0.4, -0.2) is 52.1 Å². The second-order valence-corrected chi connectivity index (χ2v) is 12.0. The van der Waals surface area contributed by atoms with Crippen LogP contribution >= 0.6 is 22.7 Å². The Hall–Kier alpha value is -2.03. The van der Waals surface area contributed by atoms with Crippen LogP contribution in [0.15, 0.2) is 28.0 Å². The second kappa shape index (κ2) is 8.72. The minimum atomic E-state index is 0.134. The fourth-order valence-electron chi connectivity index (χ4n) is 4.64. The van der Waals surface area contributed by atoms with Crippen LogP contribution in [0.2, 0.25) is 0 Å². The van der Waals surface area contributed by atoms with Gasteiger partial charge in [0.2, 0.25) is 5.89 Å². The van der Waals surface area contributed by atoms with Crippen molar-refractivity contribution in [3.63, 3.8) is 0 Å². The first-order valence-corrected chi connectivity index (χ1v) is 13.1. The lowest BCUT2D eigenvalue weighted by Crippen LogP contribution is -2.48. The first-order valence-electron chi connectivity index (χ1n) is 11.4. The third-order valence-corrected chi connectivity index (χ3v) is 8.82. The van der Waals surface area contributed by atoms with E-state index in [0.29, 0.717) is 23.7 Å². The maximum absolute atomic E-state index is 12.5. The molecule has 1 atom stereocenters. The molecular formula is C24H30N4O2S2. The molecule has 2 aliphatic rings. The molecule has 8 heteroatoms. The Balaban J connectivity index is 1.19. The Kier molecular flexibility index (Phi) is 5.94. The zero-order chi connectivity index (χ0) is 22.3. The van der Waals surface area contributed by atoms with E-state index in [1.54, 1.807) is 0 Å². The van der Waals surface area contributed by atoms with E-state index in [0.717, 1.165) is 54.7 Å². The zero-order valence-electron chi connectivity index (χ0n) is 19.0. The highest BCUT2D eigenvalue weighted by Gasteiger charge is 2.30. The molecule has 0 aromatic carbocycles. The molecular weight excluding hydrogens is 440 g/mol. The van der Waals surface area contributed by atoms with Crippen LogP contribution in [-0.2, 0) is 19.4 Å². The van der Waals surface area contributed by atoms with Crippen LogP contribution in [0.5, 0.6) is 0 Å². The number of nitrogens with zero attached hydrogens (tertiary/aromatic N) is 4. The smallest absolute Gasteiger partial charge is 0.264 e. The number of amides is 1. The Labute approximate surface area is 197 Å². The molecule has 3 aromatic rings. The summed E-state index contributed by atoms with van der Waals surface area (Å²) in [7, 11) is 0. The van der Waals surface area contributed by atoms with Gasteiger partial charge in [0.1, 0.15) is 0 Å². The van der Waals surface area contributed by atoms with E-state index < -0.39 is 0 Å². The summed E-state index contributed by atoms with van der Waals surface area (Å²) in [4.78, 5) is 20.1. The van der Waals surface area contributed by atoms with Gasteiger partial charge in [-0.25, -0.2) is 0 Å². The molecule has 0 radical (unpaired) electrons. The Morgan fingerprint density at radius 2 is 2.03 bits per heavy atom. The third kappa shape index (κ3) is 4.54. The molecule has 0 N–H and O–H groups in total. The van der Waals surface area contributed by atoms with Crippen molar-refractivity contribution in [2.45, 2.75) is 46.6 Å². The van der Waals surface area contributed by atoms with Gasteiger partial charge in [0, 0.05) is 31.1 Å². The molecule has 5 rings (SSSR count). The van der Waals surface area contributed by atoms with Gasteiger partial charge >= 0.3 is 0 Å². The SMILES string of the molecule is CC(C)(C)[C@@H]1CCc2sc(-c3nnc(CN4CCN(C(=O)c5cccs5)CC4)o3)cc2C1. The van der Waals surface area contributed by atoms with Gasteiger partial charge < -0.3 is 9.32 Å². The molecule has 170 valence electrons. The maximum Gasteiger partial charge on any atom is 0.264 e. The predicted molar refractivity (Wildman–Crippen MR) is 128 cm³/mol. The summed E-state index contributed by atoms with van der Waals surface area (Å²) in [5.74, 6) is 2.14. The van der Waals surface area contributed by atoms with Crippen LogP contribution in [0.3, 0.4) is 0 Å². The van der Waals surface area contributed by atoms with Crippen LogP contribution in [0, 0.1) is 11.3 Å². The van der Waals surface area contributed by atoms with E-state index in [9.17, 15) is 4.79 Å². The normalized spacial score (nSPS) is 19.8. The average molecular weight is 471 g/mol. The molecule has 0 unspecified atom stereocenters. The molecule has 1 amide bonds. The lowest BCUT2D eigenvalue weighted by Gasteiger charge is -2.33. The highest BCUT2D eigenvalue weighted by Crippen LogP contribution is 2.42. The van der Waals surface area contributed by atoms with Crippen molar-refractivity contribution in [2.24, 2.45) is 11.3 Å². The van der Waals surface area contributed by atoms with Crippen molar-refractivity contribution in [2.75, 3.05) is 26.2 Å². The molecule has 1 fully saturated rings. The van der Waals surface area contributed by atoms with Gasteiger partial charge in [-0.3, -0.25) is 9.69 Å². The summed E-state index contributed by atoms with van der Waals surface area (Å²) in [5, 5.41) is 10.6. The van der Waals surface area contributed by atoms with E-state index in [1.165, 1.54) is 28.2 Å². The van der Waals surface area contributed by atoms with E-state index >= 15 is 0 Å². The van der Waals surface area contributed by atoms with Crippen LogP contribution in [0.1, 0.15) is 53.2 Å². The van der Waals surface area contributed by atoms with Gasteiger partial charge in [0.25, 0.3) is 11.8 Å². The van der Waals surface area contributed by atoms with Crippen molar-refractivity contribution in [1.29, 1.82) is 0 Å². The minimum absolute atomic E-state index is 0.134. The van der Waals surface area contributed by atoms with Crippen LogP contribution < -0.4 is 0 Å². The predicted octanol–water partition coefficient (Wildman–Crippen LogP) is 4.97. The summed E-state index contributed by atoms with van der Waals surface area (Å²) >= 11 is 3.31. The summed E-state index contributed by atoms with van der Waals surface area (Å²) in [6, 6.07) is 6.09. The second-order valence-electron chi connectivity index (χ2n) is 9.91. The standard InChI is InChI=1S/C24H30N4O2S2/c1-24(2,3)17-6-7-18-16(13-17)14-20(32-18)22-26-25-21(30-22)15-27-8-10-28(11-9-27)23(29)19-5-4-12-31-19/h4-5,12,14,17H,6-11,13,15H2,1-3H3/t17-/m1/s1. The highest BCUT2D eigenvalue weighted by atomic mass is 32.1. The van der Waals surface area contributed by atoms with Gasteiger partial charge in [-0.15, -0.1) is 32.9 Å². The number of aryl methyl sites for hydroxylation is 1. The monoisotopic (exact) mass is 470 g/mol. The first-order chi connectivity index (χ1) is 15.4. The fourth-order valence-corrected chi connectivity index (χ4v) is 6.46. The van der Waals surface area contributed by atoms with Crippen molar-refractivity contribution < 1.29 is 9.21 Å². The van der Waals surface area contributed by atoms with E-state index in [-0.39, 0.29) is 5.91 Å². The molecule has 1 aliphatic heterocycles. The number of fused-ring (bicyclic) bond motifs is 1. The van der Waals surface area contributed by atoms with Crippen molar-refractivity contribution in [1.82, 2.24) is 20.0 Å². The quantitative estimate of drug-likeness (QED) is 0.539. The van der Waals surface area contributed by atoms with Crippen molar-refractivity contribution in [3.05, 3.63) is 44.8 Å². The molecule has 0 saturated carbocycles.